The van der Waals surface area contributed by atoms with Gasteiger partial charge in [0, 0.05) is 40.9 Å². The highest BCUT2D eigenvalue weighted by Crippen LogP contribution is 2.34. The molecule has 0 bridgehead atoms. The first-order chi connectivity index (χ1) is 19.0. The lowest BCUT2D eigenvalue weighted by atomic mass is 9.89. The van der Waals surface area contributed by atoms with Crippen LogP contribution in [-0.4, -0.2) is 30.2 Å². The fraction of sp³-hybridized carbons (Fsp3) is 0.286. The molecule has 7 nitrogen and oxygen atoms in total. The number of imidazole rings is 1. The Labute approximate surface area is 227 Å². The third kappa shape index (κ3) is 5.21. The molecule has 1 saturated carbocycles. The number of aromatic amines is 1. The molecule has 1 fully saturated rings. The van der Waals surface area contributed by atoms with Gasteiger partial charge in [0.15, 0.2) is 17.5 Å². The summed E-state index contributed by atoms with van der Waals surface area (Å²) >= 11 is 6.34. The molecule has 6 rings (SSSR count). The number of nitrogens with one attached hydrogen (secondary N) is 1. The summed E-state index contributed by atoms with van der Waals surface area (Å²) in [5, 5.41) is 13.7. The molecule has 1 aliphatic carbocycles. The highest BCUT2D eigenvalue weighted by molar-refractivity contribution is 6.30. The van der Waals surface area contributed by atoms with Crippen LogP contribution in [-0.2, 0) is 13.2 Å². The van der Waals surface area contributed by atoms with E-state index in [9.17, 15) is 13.2 Å². The Kier molecular flexibility index (Phi) is 6.95. The molecule has 1 N–H and O–H groups in total. The first kappa shape index (κ1) is 25.4. The summed E-state index contributed by atoms with van der Waals surface area (Å²) in [4.78, 5) is 4.73. The van der Waals surface area contributed by atoms with Gasteiger partial charge in [0.05, 0.1) is 16.6 Å². The second-order valence-corrected chi connectivity index (χ2v) is 10.2. The minimum Gasteiger partial charge on any atom is -0.489 e. The van der Waals surface area contributed by atoms with Crippen LogP contribution in [0.5, 0.6) is 5.75 Å². The molecule has 5 aromatic rings. The molecule has 0 saturated heterocycles. The van der Waals surface area contributed by atoms with E-state index in [2.05, 4.69) is 20.6 Å². The molecule has 0 radical (unpaired) electrons. The topological polar surface area (TPSA) is 81.5 Å². The van der Waals surface area contributed by atoms with E-state index in [1.807, 2.05) is 10.6 Å². The van der Waals surface area contributed by atoms with E-state index in [0.717, 1.165) is 37.3 Å². The van der Waals surface area contributed by atoms with Crippen LogP contribution in [0, 0.1) is 23.4 Å². The number of benzene rings is 3. The number of hydrogen-bond donors (Lipinski definition) is 1. The maximum atomic E-state index is 14.7. The SMILES string of the molecule is Fc1cc2nc(-c3ccc(Cl)cc3COc3ccc(-c4nnn[nH]4)c(F)c3)n(CC3CCCCC3)c2cc1F. The van der Waals surface area contributed by atoms with Gasteiger partial charge in [-0.3, -0.25) is 0 Å². The summed E-state index contributed by atoms with van der Waals surface area (Å²) in [6, 6.07) is 12.1. The number of hydrogen-bond acceptors (Lipinski definition) is 5. The van der Waals surface area contributed by atoms with E-state index in [-0.39, 0.29) is 18.0 Å². The van der Waals surface area contributed by atoms with Crippen molar-refractivity contribution in [1.82, 2.24) is 30.2 Å². The third-order valence-corrected chi connectivity index (χ3v) is 7.43. The van der Waals surface area contributed by atoms with E-state index in [4.69, 9.17) is 21.3 Å². The number of nitrogens with zero attached hydrogens (tertiary/aromatic N) is 5. The monoisotopic (exact) mass is 552 g/mol. The molecule has 200 valence electrons. The molecule has 3 aromatic carbocycles. The summed E-state index contributed by atoms with van der Waals surface area (Å²) in [5.74, 6) is -0.898. The van der Waals surface area contributed by atoms with Crippen molar-refractivity contribution in [3.63, 3.8) is 0 Å². The quantitative estimate of drug-likeness (QED) is 0.233. The zero-order chi connectivity index (χ0) is 26.9. The van der Waals surface area contributed by atoms with Crippen LogP contribution in [0.2, 0.25) is 5.02 Å². The number of ether oxygens (including phenoxy) is 1. The number of aromatic nitrogens is 6. The van der Waals surface area contributed by atoms with Gasteiger partial charge in [-0.2, -0.15) is 0 Å². The van der Waals surface area contributed by atoms with Crippen LogP contribution < -0.4 is 4.74 Å². The van der Waals surface area contributed by atoms with Crippen LogP contribution in [0.25, 0.3) is 33.8 Å². The summed E-state index contributed by atoms with van der Waals surface area (Å²) < 4.78 is 51.1. The number of tetrazole rings is 1. The van der Waals surface area contributed by atoms with Gasteiger partial charge in [-0.25, -0.2) is 23.3 Å². The van der Waals surface area contributed by atoms with E-state index in [1.165, 1.54) is 24.6 Å². The number of H-pyrrole nitrogens is 1. The maximum absolute atomic E-state index is 14.7. The lowest BCUT2D eigenvalue weighted by Crippen LogP contribution is -2.15. The van der Waals surface area contributed by atoms with Crippen molar-refractivity contribution in [1.29, 1.82) is 0 Å². The van der Waals surface area contributed by atoms with Crippen molar-refractivity contribution in [2.75, 3.05) is 0 Å². The van der Waals surface area contributed by atoms with Crippen molar-refractivity contribution in [2.24, 2.45) is 5.92 Å². The van der Waals surface area contributed by atoms with E-state index < -0.39 is 17.5 Å². The van der Waals surface area contributed by atoms with Gasteiger partial charge in [-0.05, 0) is 59.5 Å². The second kappa shape index (κ2) is 10.7. The predicted molar refractivity (Wildman–Crippen MR) is 141 cm³/mol. The highest BCUT2D eigenvalue weighted by Gasteiger charge is 2.22. The van der Waals surface area contributed by atoms with Gasteiger partial charge in [0.2, 0.25) is 0 Å². The van der Waals surface area contributed by atoms with Crippen molar-refractivity contribution in [2.45, 2.75) is 45.3 Å². The predicted octanol–water partition coefficient (Wildman–Crippen LogP) is 7.11. The average molecular weight is 553 g/mol. The summed E-state index contributed by atoms with van der Waals surface area (Å²) in [5.41, 5.74) is 2.55. The normalized spacial score (nSPS) is 14.3. The van der Waals surface area contributed by atoms with Crippen LogP contribution in [0.4, 0.5) is 13.2 Å². The van der Waals surface area contributed by atoms with Crippen molar-refractivity contribution in [3.05, 3.63) is 76.6 Å². The summed E-state index contributed by atoms with van der Waals surface area (Å²) in [6.45, 7) is 0.705. The van der Waals surface area contributed by atoms with Gasteiger partial charge < -0.3 is 9.30 Å². The molecule has 0 spiro atoms. The minimum absolute atomic E-state index is 0.0634. The second-order valence-electron chi connectivity index (χ2n) is 9.79. The number of halogens is 4. The highest BCUT2D eigenvalue weighted by atomic mass is 35.5. The largest absolute Gasteiger partial charge is 0.489 e. The fourth-order valence-electron chi connectivity index (χ4n) is 5.25. The van der Waals surface area contributed by atoms with Gasteiger partial charge in [0.1, 0.15) is 24.0 Å². The van der Waals surface area contributed by atoms with Crippen molar-refractivity contribution < 1.29 is 17.9 Å². The van der Waals surface area contributed by atoms with Crippen molar-refractivity contribution in [3.8, 4) is 28.5 Å². The number of fused-ring (bicyclic) bond motifs is 1. The molecule has 39 heavy (non-hydrogen) atoms. The van der Waals surface area contributed by atoms with Gasteiger partial charge >= 0.3 is 0 Å². The average Bonchev–Trinajstić information content (AvgIpc) is 3.58. The molecule has 0 aliphatic heterocycles. The van der Waals surface area contributed by atoms with Gasteiger partial charge in [-0.15, -0.1) is 5.10 Å². The molecule has 1 aliphatic rings. The molecule has 0 atom stereocenters. The van der Waals surface area contributed by atoms with Crippen LogP contribution in [0.1, 0.15) is 37.7 Å². The van der Waals surface area contributed by atoms with Crippen LogP contribution in [0.3, 0.4) is 0 Å². The summed E-state index contributed by atoms with van der Waals surface area (Å²) in [7, 11) is 0. The maximum Gasteiger partial charge on any atom is 0.182 e. The molecular weight excluding hydrogens is 529 g/mol. The third-order valence-electron chi connectivity index (χ3n) is 7.20. The van der Waals surface area contributed by atoms with Gasteiger partial charge in [0.25, 0.3) is 0 Å². The lowest BCUT2D eigenvalue weighted by Gasteiger charge is -2.23. The Hall–Kier alpha value is -3.92. The van der Waals surface area contributed by atoms with E-state index >= 15 is 0 Å². The Morgan fingerprint density at radius 1 is 0.923 bits per heavy atom. The molecule has 2 aromatic heterocycles. The van der Waals surface area contributed by atoms with Crippen LogP contribution in [0.15, 0.2) is 48.5 Å². The minimum atomic E-state index is -0.942. The standard InChI is InChI=1S/C28H24ClF3N6O/c29-18-6-8-20(17(10-18)15-39-19-7-9-21(22(30)11-19)27-34-36-37-35-27)28-33-25-12-23(31)24(32)13-26(25)38(28)14-16-4-2-1-3-5-16/h6-13,16H,1-5,14-15H2,(H,34,35,36,37). The number of rotatable bonds is 7. The molecule has 0 unspecified atom stereocenters. The van der Waals surface area contributed by atoms with E-state index in [1.54, 1.807) is 18.2 Å². The molecule has 0 amide bonds. The zero-order valence-electron chi connectivity index (χ0n) is 20.8. The molecule has 2 heterocycles. The molecule has 11 heteroatoms. The van der Waals surface area contributed by atoms with Crippen LogP contribution >= 0.6 is 11.6 Å². The Balaban J connectivity index is 1.36. The molecular formula is C28H24ClF3N6O. The fourth-order valence-corrected chi connectivity index (χ4v) is 5.45. The first-order valence-electron chi connectivity index (χ1n) is 12.8. The van der Waals surface area contributed by atoms with Crippen molar-refractivity contribution >= 4 is 22.6 Å². The Morgan fingerprint density at radius 2 is 1.72 bits per heavy atom. The lowest BCUT2D eigenvalue weighted by molar-refractivity contribution is 0.305. The Morgan fingerprint density at radius 3 is 2.49 bits per heavy atom. The summed E-state index contributed by atoms with van der Waals surface area (Å²) in [6.07, 6.45) is 5.66. The smallest absolute Gasteiger partial charge is 0.182 e. The Bertz CT molecular complexity index is 1630. The first-order valence-corrected chi connectivity index (χ1v) is 13.1. The van der Waals surface area contributed by atoms with Gasteiger partial charge in [-0.1, -0.05) is 30.9 Å². The van der Waals surface area contributed by atoms with E-state index in [0.29, 0.717) is 45.7 Å². The zero-order valence-corrected chi connectivity index (χ0v) is 21.6.